The van der Waals surface area contributed by atoms with Crippen molar-refractivity contribution in [3.05, 3.63) is 72.1 Å². The second kappa shape index (κ2) is 11.8. The molecule has 40 heavy (non-hydrogen) atoms. The molecule has 6 nitrogen and oxygen atoms in total. The number of hydrogen-bond donors (Lipinski definition) is 1. The van der Waals surface area contributed by atoms with Crippen LogP contribution in [0.5, 0.6) is 11.5 Å². The normalized spacial score (nSPS) is 16.9. The van der Waals surface area contributed by atoms with Crippen LogP contribution in [-0.2, 0) is 11.0 Å². The summed E-state index contributed by atoms with van der Waals surface area (Å²) in [7, 11) is 1.59. The molecule has 3 aromatic rings. The monoisotopic (exact) mass is 554 g/mol. The van der Waals surface area contributed by atoms with Gasteiger partial charge in [-0.15, -0.1) is 0 Å². The van der Waals surface area contributed by atoms with Gasteiger partial charge in [-0.25, -0.2) is 0 Å². The smallest absolute Gasteiger partial charge is 0.433 e. The number of aliphatic carboxylic acids is 1. The molecule has 0 amide bonds. The van der Waals surface area contributed by atoms with E-state index in [1.807, 2.05) is 36.4 Å². The Balaban J connectivity index is 1.23. The summed E-state index contributed by atoms with van der Waals surface area (Å²) in [5.41, 5.74) is 2.43. The summed E-state index contributed by atoms with van der Waals surface area (Å²) in [4.78, 5) is 17.2. The van der Waals surface area contributed by atoms with Gasteiger partial charge in [0.05, 0.1) is 20.1 Å². The quantitative estimate of drug-likeness (QED) is 0.290. The number of piperidine rings is 1. The van der Waals surface area contributed by atoms with Gasteiger partial charge < -0.3 is 19.5 Å². The third kappa shape index (κ3) is 6.69. The van der Waals surface area contributed by atoms with Gasteiger partial charge in [0.1, 0.15) is 17.2 Å². The van der Waals surface area contributed by atoms with Gasteiger partial charge in [0, 0.05) is 42.2 Å². The first-order chi connectivity index (χ1) is 19.2. The summed E-state index contributed by atoms with van der Waals surface area (Å²) < 4.78 is 50.6. The summed E-state index contributed by atoms with van der Waals surface area (Å²) in [6.45, 7) is 2.10. The van der Waals surface area contributed by atoms with Crippen molar-refractivity contribution in [3.63, 3.8) is 0 Å². The molecule has 5 rings (SSSR count). The average molecular weight is 555 g/mol. The van der Waals surface area contributed by atoms with Gasteiger partial charge in [-0.3, -0.25) is 9.78 Å². The van der Waals surface area contributed by atoms with Crippen LogP contribution in [0.2, 0.25) is 0 Å². The maximum absolute atomic E-state index is 13.0. The van der Waals surface area contributed by atoms with E-state index >= 15 is 0 Å². The summed E-state index contributed by atoms with van der Waals surface area (Å²) in [6, 6.07) is 15.9. The standard InChI is InChI=1S/C31H33F3N2O4/c1-39-24-8-9-26(23-7-10-29(35-18-23)31(32,33)34)28(16-24)36-13-11-20(12-14-36)19-40-25-4-2-3-22(15-25)27(17-30(37)38)21-5-6-21/h2-4,7-10,15-16,18,20-21,27H,5-6,11-14,17,19H2,1H3,(H,37,38). The van der Waals surface area contributed by atoms with Crippen LogP contribution in [-0.4, -0.2) is 42.9 Å². The maximum Gasteiger partial charge on any atom is 0.433 e. The Morgan fingerprint density at radius 1 is 1.05 bits per heavy atom. The lowest BCUT2D eigenvalue weighted by molar-refractivity contribution is -0.141. The average Bonchev–Trinajstić information content (AvgIpc) is 3.80. The van der Waals surface area contributed by atoms with Crippen molar-refractivity contribution in [2.24, 2.45) is 11.8 Å². The van der Waals surface area contributed by atoms with Crippen LogP contribution in [0.15, 0.2) is 60.8 Å². The largest absolute Gasteiger partial charge is 0.497 e. The molecule has 0 radical (unpaired) electrons. The van der Waals surface area contributed by atoms with Crippen LogP contribution in [0.1, 0.15) is 49.3 Å². The lowest BCUT2D eigenvalue weighted by Gasteiger charge is -2.35. The van der Waals surface area contributed by atoms with Gasteiger partial charge in [0.2, 0.25) is 0 Å². The molecule has 1 aliphatic heterocycles. The molecule has 0 bridgehead atoms. The fourth-order valence-corrected chi connectivity index (χ4v) is 5.50. The zero-order chi connectivity index (χ0) is 28.3. The molecule has 1 atom stereocenters. The van der Waals surface area contributed by atoms with E-state index in [1.165, 1.54) is 12.3 Å². The fourth-order valence-electron chi connectivity index (χ4n) is 5.50. The minimum absolute atomic E-state index is 0.0289. The number of halogens is 3. The molecule has 1 unspecified atom stereocenters. The number of methoxy groups -OCH3 is 1. The highest BCUT2D eigenvalue weighted by Crippen LogP contribution is 2.45. The Bertz CT molecular complexity index is 1320. The van der Waals surface area contributed by atoms with E-state index in [0.29, 0.717) is 29.8 Å². The number of benzene rings is 2. The number of ether oxygens (including phenoxy) is 2. The van der Waals surface area contributed by atoms with Crippen LogP contribution >= 0.6 is 0 Å². The van der Waals surface area contributed by atoms with Crippen molar-refractivity contribution in [2.45, 2.75) is 44.2 Å². The van der Waals surface area contributed by atoms with Gasteiger partial charge in [-0.05, 0) is 79.3 Å². The van der Waals surface area contributed by atoms with Crippen molar-refractivity contribution >= 4 is 11.7 Å². The van der Waals surface area contributed by atoms with E-state index in [1.54, 1.807) is 13.2 Å². The number of rotatable bonds is 10. The molecule has 212 valence electrons. The minimum Gasteiger partial charge on any atom is -0.497 e. The number of carbonyl (C=O) groups is 1. The molecule has 9 heteroatoms. The highest BCUT2D eigenvalue weighted by atomic mass is 19.4. The molecule has 1 aromatic heterocycles. The van der Waals surface area contributed by atoms with Crippen LogP contribution in [0.3, 0.4) is 0 Å². The highest BCUT2D eigenvalue weighted by molar-refractivity contribution is 5.79. The summed E-state index contributed by atoms with van der Waals surface area (Å²) in [5.74, 6) is 1.48. The van der Waals surface area contributed by atoms with Crippen LogP contribution in [0, 0.1) is 11.8 Å². The Morgan fingerprint density at radius 2 is 1.82 bits per heavy atom. The molecule has 2 heterocycles. The topological polar surface area (TPSA) is 71.9 Å². The van der Waals surface area contributed by atoms with Crippen molar-refractivity contribution in [2.75, 3.05) is 31.7 Å². The maximum atomic E-state index is 13.0. The van der Waals surface area contributed by atoms with Crippen LogP contribution in [0.4, 0.5) is 18.9 Å². The molecule has 2 aliphatic rings. The zero-order valence-electron chi connectivity index (χ0n) is 22.4. The molecular formula is C31H33F3N2O4. The Kier molecular flexibility index (Phi) is 8.19. The molecule has 1 saturated heterocycles. The van der Waals surface area contributed by atoms with Crippen LogP contribution < -0.4 is 14.4 Å². The van der Waals surface area contributed by atoms with E-state index in [-0.39, 0.29) is 12.3 Å². The zero-order valence-corrected chi connectivity index (χ0v) is 22.4. The minimum atomic E-state index is -4.48. The lowest BCUT2D eigenvalue weighted by Crippen LogP contribution is -2.35. The van der Waals surface area contributed by atoms with E-state index in [4.69, 9.17) is 9.47 Å². The van der Waals surface area contributed by atoms with Gasteiger partial charge >= 0.3 is 12.1 Å². The van der Waals surface area contributed by atoms with E-state index in [9.17, 15) is 23.1 Å². The molecule has 0 spiro atoms. The first-order valence-corrected chi connectivity index (χ1v) is 13.6. The van der Waals surface area contributed by atoms with Crippen molar-refractivity contribution in [1.82, 2.24) is 4.98 Å². The molecule has 2 fully saturated rings. The number of carboxylic acid groups (broad SMARTS) is 1. The van der Waals surface area contributed by atoms with Gasteiger partial charge in [-0.1, -0.05) is 18.2 Å². The molecule has 1 aliphatic carbocycles. The van der Waals surface area contributed by atoms with E-state index in [0.717, 1.165) is 67.4 Å². The number of carboxylic acids is 1. The van der Waals surface area contributed by atoms with Gasteiger partial charge in [-0.2, -0.15) is 13.2 Å². The van der Waals surface area contributed by atoms with Crippen LogP contribution in [0.25, 0.3) is 11.1 Å². The molecule has 2 aromatic carbocycles. The second-order valence-corrected chi connectivity index (χ2v) is 10.7. The summed E-state index contributed by atoms with van der Waals surface area (Å²) in [6.07, 6.45) is 0.868. The third-order valence-corrected chi connectivity index (χ3v) is 7.88. The first kappa shape index (κ1) is 27.8. The molecule has 1 N–H and O–H groups in total. The van der Waals surface area contributed by atoms with Crippen molar-refractivity contribution in [3.8, 4) is 22.6 Å². The molecular weight excluding hydrogens is 521 g/mol. The number of anilines is 1. The Morgan fingerprint density at radius 3 is 2.45 bits per heavy atom. The number of pyridine rings is 1. The van der Waals surface area contributed by atoms with E-state index in [2.05, 4.69) is 9.88 Å². The Labute approximate surface area is 231 Å². The SMILES string of the molecule is COc1ccc(-c2ccc(C(F)(F)F)nc2)c(N2CCC(COc3cccc(C(CC(=O)O)C4CC4)c3)CC2)c1. The number of nitrogens with zero attached hydrogens (tertiary/aromatic N) is 2. The van der Waals surface area contributed by atoms with Gasteiger partial charge in [0.15, 0.2) is 0 Å². The Hall–Kier alpha value is -3.75. The fraction of sp³-hybridized carbons (Fsp3) is 0.419. The summed E-state index contributed by atoms with van der Waals surface area (Å²) >= 11 is 0. The first-order valence-electron chi connectivity index (χ1n) is 13.6. The number of aromatic nitrogens is 1. The number of alkyl halides is 3. The second-order valence-electron chi connectivity index (χ2n) is 10.7. The number of hydrogen-bond acceptors (Lipinski definition) is 5. The highest BCUT2D eigenvalue weighted by Gasteiger charge is 2.34. The predicted octanol–water partition coefficient (Wildman–Crippen LogP) is 7.04. The van der Waals surface area contributed by atoms with E-state index < -0.39 is 17.8 Å². The predicted molar refractivity (Wildman–Crippen MR) is 146 cm³/mol. The summed E-state index contributed by atoms with van der Waals surface area (Å²) in [5, 5.41) is 9.33. The lowest BCUT2D eigenvalue weighted by atomic mass is 9.91. The van der Waals surface area contributed by atoms with Crippen molar-refractivity contribution in [1.29, 1.82) is 0 Å². The molecule has 1 saturated carbocycles. The third-order valence-electron chi connectivity index (χ3n) is 7.88. The van der Waals surface area contributed by atoms with Gasteiger partial charge in [0.25, 0.3) is 0 Å². The van der Waals surface area contributed by atoms with Crippen molar-refractivity contribution < 1.29 is 32.5 Å².